The molecule has 23 heavy (non-hydrogen) atoms. The second kappa shape index (κ2) is 3.97. The van der Waals surface area contributed by atoms with E-state index in [4.69, 9.17) is 9.47 Å². The summed E-state index contributed by atoms with van der Waals surface area (Å²) in [6.45, 7) is 0.837. The minimum atomic E-state index is -1.08. The Morgan fingerprint density at radius 1 is 1.43 bits per heavy atom. The summed E-state index contributed by atoms with van der Waals surface area (Å²) in [5, 5.41) is 11.7. The molecule has 0 amide bonds. The van der Waals surface area contributed by atoms with E-state index in [-0.39, 0.29) is 11.8 Å². The Morgan fingerprint density at radius 3 is 3.04 bits per heavy atom. The standard InChI is InChI=1S/C18H19NO4/c1-19-8-7-17-14-10-3-4-12(22-2)15(14)23-16(17)11(20)5-6-18(17,21)13(19)9-10/h3-6,13,16,21H,7-9H2,1-2H3/t13-,16+,17?,18?/m1/s1. The van der Waals surface area contributed by atoms with Crippen molar-refractivity contribution < 1.29 is 19.4 Å². The van der Waals surface area contributed by atoms with Crippen LogP contribution in [0.1, 0.15) is 17.5 Å². The van der Waals surface area contributed by atoms with Gasteiger partial charge in [-0.2, -0.15) is 0 Å². The van der Waals surface area contributed by atoms with Gasteiger partial charge in [0.2, 0.25) is 0 Å². The number of likely N-dealkylation sites (tertiary alicyclic amines) is 1. The SMILES string of the molecule is COc1ccc2c3c1O[C@H]1C(=O)C=CC4(O)[C@@H](C2)N(C)CCC314. The van der Waals surface area contributed by atoms with Gasteiger partial charge in [0.05, 0.1) is 12.5 Å². The van der Waals surface area contributed by atoms with E-state index < -0.39 is 17.1 Å². The number of piperidine rings is 1. The van der Waals surface area contributed by atoms with Gasteiger partial charge in [-0.1, -0.05) is 6.07 Å². The monoisotopic (exact) mass is 313 g/mol. The van der Waals surface area contributed by atoms with E-state index in [0.29, 0.717) is 17.9 Å². The number of ether oxygens (including phenoxy) is 2. The second-order valence-corrected chi connectivity index (χ2v) is 7.11. The fourth-order valence-corrected chi connectivity index (χ4v) is 5.28. The number of hydrogen-bond acceptors (Lipinski definition) is 5. The Labute approximate surface area is 134 Å². The van der Waals surface area contributed by atoms with Gasteiger partial charge in [-0.3, -0.25) is 9.69 Å². The Hall–Kier alpha value is -1.85. The zero-order valence-electron chi connectivity index (χ0n) is 13.2. The molecule has 1 saturated heterocycles. The zero-order chi connectivity index (χ0) is 16.0. The molecule has 0 radical (unpaired) electrons. The number of carbonyl (C=O) groups excluding carboxylic acids is 1. The average Bonchev–Trinajstić information content (AvgIpc) is 2.90. The first-order valence-corrected chi connectivity index (χ1v) is 8.05. The Kier molecular flexibility index (Phi) is 2.34. The van der Waals surface area contributed by atoms with Crippen LogP contribution in [-0.2, 0) is 16.6 Å². The Bertz CT molecular complexity index is 773. The van der Waals surface area contributed by atoms with Gasteiger partial charge < -0.3 is 14.6 Å². The number of methoxy groups -OCH3 is 1. The molecule has 2 aliphatic carbocycles. The number of carbonyl (C=O) groups is 1. The molecule has 0 saturated carbocycles. The molecule has 1 N–H and O–H groups in total. The average molecular weight is 313 g/mol. The first kappa shape index (κ1) is 13.6. The van der Waals surface area contributed by atoms with Crippen molar-refractivity contribution in [2.75, 3.05) is 20.7 Å². The molecule has 120 valence electrons. The van der Waals surface area contributed by atoms with Crippen LogP contribution in [0.5, 0.6) is 11.5 Å². The largest absolute Gasteiger partial charge is 0.493 e. The molecule has 4 aliphatic rings. The predicted molar refractivity (Wildman–Crippen MR) is 82.9 cm³/mol. The van der Waals surface area contributed by atoms with E-state index in [2.05, 4.69) is 11.0 Å². The van der Waals surface area contributed by atoms with Crippen LogP contribution in [0.3, 0.4) is 0 Å². The zero-order valence-corrected chi connectivity index (χ0v) is 13.2. The molecule has 0 aromatic heterocycles. The van der Waals surface area contributed by atoms with Crippen LogP contribution in [0.25, 0.3) is 0 Å². The topological polar surface area (TPSA) is 59.0 Å². The summed E-state index contributed by atoms with van der Waals surface area (Å²) in [6, 6.07) is 3.92. The summed E-state index contributed by atoms with van der Waals surface area (Å²) in [5.41, 5.74) is 0.385. The lowest BCUT2D eigenvalue weighted by atomic mass is 9.51. The van der Waals surface area contributed by atoms with Gasteiger partial charge in [-0.15, -0.1) is 0 Å². The fraction of sp³-hybridized carbons (Fsp3) is 0.500. The van der Waals surface area contributed by atoms with Crippen molar-refractivity contribution in [3.63, 3.8) is 0 Å². The highest BCUT2D eigenvalue weighted by Gasteiger charge is 2.71. The molecule has 1 aromatic carbocycles. The molecule has 2 heterocycles. The highest BCUT2D eigenvalue weighted by molar-refractivity contribution is 5.99. The van der Waals surface area contributed by atoms with Gasteiger partial charge >= 0.3 is 0 Å². The maximum absolute atomic E-state index is 12.6. The van der Waals surface area contributed by atoms with Crippen molar-refractivity contribution in [2.45, 2.75) is 36.0 Å². The molecule has 2 aliphatic heterocycles. The number of ketones is 1. The molecule has 2 bridgehead atoms. The second-order valence-electron chi connectivity index (χ2n) is 7.11. The van der Waals surface area contributed by atoms with E-state index in [9.17, 15) is 9.90 Å². The van der Waals surface area contributed by atoms with Crippen molar-refractivity contribution in [2.24, 2.45) is 0 Å². The van der Waals surface area contributed by atoms with E-state index in [1.807, 2.05) is 13.1 Å². The normalized spacial score (nSPS) is 39.9. The molecule has 1 spiro atoms. The highest BCUT2D eigenvalue weighted by Crippen LogP contribution is 2.63. The van der Waals surface area contributed by atoms with Gasteiger partial charge in [0.25, 0.3) is 0 Å². The molecule has 5 rings (SSSR count). The predicted octanol–water partition coefficient (Wildman–Crippen LogP) is 0.824. The first-order chi connectivity index (χ1) is 11.0. The molecule has 4 atom stereocenters. The quantitative estimate of drug-likeness (QED) is 0.832. The third-order valence-electron chi connectivity index (χ3n) is 6.34. The summed E-state index contributed by atoms with van der Waals surface area (Å²) in [5.74, 6) is 1.22. The first-order valence-electron chi connectivity index (χ1n) is 8.05. The molecular formula is C18H19NO4. The van der Waals surface area contributed by atoms with Gasteiger partial charge in [-0.05, 0) is 50.2 Å². The number of benzene rings is 1. The summed E-state index contributed by atoms with van der Waals surface area (Å²) >= 11 is 0. The lowest BCUT2D eigenvalue weighted by Crippen LogP contribution is -2.74. The van der Waals surface area contributed by atoms with Crippen LogP contribution in [0.15, 0.2) is 24.3 Å². The third-order valence-corrected chi connectivity index (χ3v) is 6.34. The molecule has 1 aromatic rings. The summed E-state index contributed by atoms with van der Waals surface area (Å²) in [6.07, 6.45) is 4.00. The van der Waals surface area contributed by atoms with Crippen molar-refractivity contribution in [3.05, 3.63) is 35.4 Å². The minimum Gasteiger partial charge on any atom is -0.493 e. The number of nitrogens with zero attached hydrogens (tertiary/aromatic N) is 1. The molecule has 2 unspecified atom stereocenters. The van der Waals surface area contributed by atoms with Crippen LogP contribution in [0.2, 0.25) is 0 Å². The van der Waals surface area contributed by atoms with Crippen LogP contribution >= 0.6 is 0 Å². The highest BCUT2D eigenvalue weighted by atomic mass is 16.5. The van der Waals surface area contributed by atoms with E-state index in [1.54, 1.807) is 13.2 Å². The summed E-state index contributed by atoms with van der Waals surface area (Å²) < 4.78 is 11.6. The Morgan fingerprint density at radius 2 is 2.26 bits per heavy atom. The van der Waals surface area contributed by atoms with Gasteiger partial charge in [0.15, 0.2) is 23.4 Å². The number of likely N-dealkylation sites (N-methyl/N-ethyl adjacent to an activating group) is 1. The summed E-state index contributed by atoms with van der Waals surface area (Å²) in [4.78, 5) is 14.8. The lowest BCUT2D eigenvalue weighted by molar-refractivity contribution is -0.151. The van der Waals surface area contributed by atoms with Crippen molar-refractivity contribution in [1.29, 1.82) is 0 Å². The van der Waals surface area contributed by atoms with E-state index >= 15 is 0 Å². The maximum atomic E-state index is 12.6. The van der Waals surface area contributed by atoms with Crippen LogP contribution in [-0.4, -0.2) is 54.2 Å². The van der Waals surface area contributed by atoms with Crippen LogP contribution < -0.4 is 9.47 Å². The lowest BCUT2D eigenvalue weighted by Gasteiger charge is -2.60. The molecule has 5 nitrogen and oxygen atoms in total. The Balaban J connectivity index is 1.89. The van der Waals surface area contributed by atoms with Crippen LogP contribution in [0.4, 0.5) is 0 Å². The smallest absolute Gasteiger partial charge is 0.196 e. The van der Waals surface area contributed by atoms with Crippen molar-refractivity contribution in [3.8, 4) is 11.5 Å². The van der Waals surface area contributed by atoms with Crippen LogP contribution in [0, 0.1) is 0 Å². The van der Waals surface area contributed by atoms with Crippen molar-refractivity contribution in [1.82, 2.24) is 4.90 Å². The molecular weight excluding hydrogens is 294 g/mol. The third kappa shape index (κ3) is 1.28. The number of hydrogen-bond donors (Lipinski definition) is 1. The van der Waals surface area contributed by atoms with E-state index in [0.717, 1.165) is 24.1 Å². The molecule has 5 heteroatoms. The minimum absolute atomic E-state index is 0.0430. The van der Waals surface area contributed by atoms with Crippen molar-refractivity contribution >= 4 is 5.78 Å². The fourth-order valence-electron chi connectivity index (χ4n) is 5.28. The van der Waals surface area contributed by atoms with E-state index in [1.165, 1.54) is 6.08 Å². The maximum Gasteiger partial charge on any atom is 0.196 e. The number of rotatable bonds is 1. The van der Waals surface area contributed by atoms with Gasteiger partial charge in [0.1, 0.15) is 5.60 Å². The van der Waals surface area contributed by atoms with Gasteiger partial charge in [-0.25, -0.2) is 0 Å². The molecule has 1 fully saturated rings. The number of aliphatic hydroxyl groups is 1. The van der Waals surface area contributed by atoms with Gasteiger partial charge in [0, 0.05) is 11.6 Å². The summed E-state index contributed by atoms with van der Waals surface area (Å²) in [7, 11) is 3.65.